The molecule has 0 saturated heterocycles. The number of fused-ring (bicyclic) bond motifs is 1. The van der Waals surface area contributed by atoms with Crippen molar-refractivity contribution in [1.29, 1.82) is 0 Å². The Morgan fingerprint density at radius 1 is 0.929 bits per heavy atom. The van der Waals surface area contributed by atoms with Crippen LogP contribution in [0.2, 0.25) is 0 Å². The van der Waals surface area contributed by atoms with Crippen LogP contribution >= 0.6 is 0 Å². The Kier molecular flexibility index (Phi) is 4.02. The molecule has 1 saturated carbocycles. The van der Waals surface area contributed by atoms with Crippen molar-refractivity contribution < 1.29 is 32.4 Å². The Bertz CT molecular complexity index is 943. The third kappa shape index (κ3) is 2.67. The molecular formula is C20H14F3NO4. The van der Waals surface area contributed by atoms with Crippen LogP contribution in [0.1, 0.15) is 51.1 Å². The summed E-state index contributed by atoms with van der Waals surface area (Å²) >= 11 is 0. The lowest BCUT2D eigenvalue weighted by Crippen LogP contribution is -2.47. The Morgan fingerprint density at radius 3 is 1.89 bits per heavy atom. The van der Waals surface area contributed by atoms with Crippen molar-refractivity contribution in [3.05, 3.63) is 70.8 Å². The number of nitrogens with zero attached hydrogens (tertiary/aromatic N) is 1. The summed E-state index contributed by atoms with van der Waals surface area (Å²) in [5.41, 5.74) is -1.35. The molecule has 144 valence electrons. The van der Waals surface area contributed by atoms with Gasteiger partial charge < -0.3 is 4.84 Å². The van der Waals surface area contributed by atoms with Crippen LogP contribution in [-0.2, 0) is 21.2 Å². The molecule has 0 spiro atoms. The highest BCUT2D eigenvalue weighted by atomic mass is 19.4. The number of alkyl halides is 3. The van der Waals surface area contributed by atoms with Crippen LogP contribution in [0.3, 0.4) is 0 Å². The number of imide groups is 1. The summed E-state index contributed by atoms with van der Waals surface area (Å²) in [5.74, 6) is -2.31. The van der Waals surface area contributed by atoms with Crippen molar-refractivity contribution in [1.82, 2.24) is 5.06 Å². The predicted octanol–water partition coefficient (Wildman–Crippen LogP) is 3.88. The van der Waals surface area contributed by atoms with Crippen molar-refractivity contribution in [2.75, 3.05) is 0 Å². The fourth-order valence-corrected chi connectivity index (χ4v) is 3.54. The lowest BCUT2D eigenvalue weighted by molar-refractivity contribution is -0.179. The predicted molar refractivity (Wildman–Crippen MR) is 90.0 cm³/mol. The molecule has 5 nitrogen and oxygen atoms in total. The van der Waals surface area contributed by atoms with Gasteiger partial charge in [0.1, 0.15) is 0 Å². The maximum atomic E-state index is 12.8. The van der Waals surface area contributed by atoms with Crippen LogP contribution in [0, 0.1) is 0 Å². The molecule has 0 atom stereocenters. The first-order valence-corrected chi connectivity index (χ1v) is 8.62. The van der Waals surface area contributed by atoms with Crippen LogP contribution in [0.4, 0.5) is 13.2 Å². The fourth-order valence-electron chi connectivity index (χ4n) is 3.54. The van der Waals surface area contributed by atoms with E-state index in [9.17, 15) is 27.6 Å². The number of benzene rings is 2. The second-order valence-corrected chi connectivity index (χ2v) is 6.84. The first-order valence-electron chi connectivity index (χ1n) is 8.62. The minimum absolute atomic E-state index is 0.137. The van der Waals surface area contributed by atoms with Crippen LogP contribution in [0.25, 0.3) is 0 Å². The van der Waals surface area contributed by atoms with Crippen LogP contribution in [0.15, 0.2) is 48.5 Å². The normalized spacial score (nSPS) is 17.9. The lowest BCUT2D eigenvalue weighted by Gasteiger charge is -2.39. The summed E-state index contributed by atoms with van der Waals surface area (Å²) in [6, 6.07) is 10.4. The maximum Gasteiger partial charge on any atom is 0.416 e. The molecule has 0 unspecified atom stereocenters. The van der Waals surface area contributed by atoms with Gasteiger partial charge >= 0.3 is 12.1 Å². The second-order valence-electron chi connectivity index (χ2n) is 6.84. The van der Waals surface area contributed by atoms with E-state index in [2.05, 4.69) is 0 Å². The second kappa shape index (κ2) is 6.19. The first kappa shape index (κ1) is 18.2. The number of hydrogen-bond acceptors (Lipinski definition) is 4. The average Bonchev–Trinajstić information content (AvgIpc) is 2.86. The van der Waals surface area contributed by atoms with Crippen molar-refractivity contribution in [3.8, 4) is 0 Å². The van der Waals surface area contributed by atoms with Crippen LogP contribution < -0.4 is 0 Å². The first-order chi connectivity index (χ1) is 13.2. The highest BCUT2D eigenvalue weighted by Crippen LogP contribution is 2.46. The zero-order valence-electron chi connectivity index (χ0n) is 14.5. The van der Waals surface area contributed by atoms with E-state index < -0.39 is 34.9 Å². The van der Waals surface area contributed by atoms with E-state index in [4.69, 9.17) is 4.84 Å². The molecule has 2 aliphatic rings. The highest BCUT2D eigenvalue weighted by Gasteiger charge is 2.50. The molecule has 0 radical (unpaired) electrons. The number of carbonyl (C=O) groups is 3. The van der Waals surface area contributed by atoms with E-state index in [1.165, 1.54) is 24.3 Å². The summed E-state index contributed by atoms with van der Waals surface area (Å²) in [6.45, 7) is 0. The molecule has 0 aromatic heterocycles. The van der Waals surface area contributed by atoms with E-state index in [1.54, 1.807) is 12.1 Å². The van der Waals surface area contributed by atoms with Crippen molar-refractivity contribution in [2.24, 2.45) is 0 Å². The van der Waals surface area contributed by atoms with E-state index in [-0.39, 0.29) is 11.1 Å². The topological polar surface area (TPSA) is 63.7 Å². The smallest absolute Gasteiger partial charge is 0.329 e. The van der Waals surface area contributed by atoms with Crippen LogP contribution in [-0.4, -0.2) is 22.8 Å². The van der Waals surface area contributed by atoms with Gasteiger partial charge in [0.25, 0.3) is 11.8 Å². The molecule has 0 N–H and O–H groups in total. The number of rotatable bonds is 3. The average molecular weight is 389 g/mol. The largest absolute Gasteiger partial charge is 0.416 e. The molecule has 1 aliphatic carbocycles. The molecule has 1 heterocycles. The summed E-state index contributed by atoms with van der Waals surface area (Å²) in [4.78, 5) is 42.7. The van der Waals surface area contributed by atoms with Gasteiger partial charge in [0.05, 0.1) is 22.1 Å². The molecule has 28 heavy (non-hydrogen) atoms. The number of carbonyl (C=O) groups excluding carboxylic acids is 3. The van der Waals surface area contributed by atoms with E-state index in [1.807, 2.05) is 0 Å². The van der Waals surface area contributed by atoms with Gasteiger partial charge in [-0.15, -0.1) is 0 Å². The van der Waals surface area contributed by atoms with Crippen molar-refractivity contribution in [2.45, 2.75) is 30.9 Å². The number of hydrogen-bond donors (Lipinski definition) is 0. The third-order valence-corrected chi connectivity index (χ3v) is 5.29. The lowest BCUT2D eigenvalue weighted by atomic mass is 9.64. The molecule has 2 aromatic carbocycles. The van der Waals surface area contributed by atoms with E-state index in [0.717, 1.165) is 12.1 Å². The zero-order chi connectivity index (χ0) is 20.1. The fraction of sp³-hybridized carbons (Fsp3) is 0.250. The number of halogens is 3. The Labute approximate surface area is 157 Å². The van der Waals surface area contributed by atoms with Gasteiger partial charge in [0.2, 0.25) is 0 Å². The van der Waals surface area contributed by atoms with Gasteiger partial charge in [-0.3, -0.25) is 9.59 Å². The molecule has 4 rings (SSSR count). The van der Waals surface area contributed by atoms with Crippen LogP contribution in [0.5, 0.6) is 0 Å². The summed E-state index contributed by atoms with van der Waals surface area (Å²) < 4.78 is 38.4. The van der Waals surface area contributed by atoms with Gasteiger partial charge in [-0.2, -0.15) is 13.2 Å². The molecule has 2 aromatic rings. The molecule has 0 bridgehead atoms. The SMILES string of the molecule is O=C1c2ccccc2C(=O)N1OC(=O)C1(c2ccc(C(F)(F)F)cc2)CCC1. The summed E-state index contributed by atoms with van der Waals surface area (Å²) in [6.07, 6.45) is -3.08. The zero-order valence-corrected chi connectivity index (χ0v) is 14.5. The van der Waals surface area contributed by atoms with Crippen molar-refractivity contribution in [3.63, 3.8) is 0 Å². The Morgan fingerprint density at radius 2 is 1.46 bits per heavy atom. The molecule has 1 aliphatic heterocycles. The van der Waals surface area contributed by atoms with E-state index in [0.29, 0.717) is 29.9 Å². The molecular weight excluding hydrogens is 375 g/mol. The number of amides is 2. The van der Waals surface area contributed by atoms with Gasteiger partial charge in [0, 0.05) is 0 Å². The van der Waals surface area contributed by atoms with E-state index >= 15 is 0 Å². The Balaban J connectivity index is 1.59. The van der Waals surface area contributed by atoms with Crippen molar-refractivity contribution >= 4 is 17.8 Å². The monoisotopic (exact) mass is 389 g/mol. The third-order valence-electron chi connectivity index (χ3n) is 5.29. The van der Waals surface area contributed by atoms with Gasteiger partial charge in [-0.25, -0.2) is 4.79 Å². The number of hydroxylamine groups is 2. The van der Waals surface area contributed by atoms with Gasteiger partial charge in [0.15, 0.2) is 0 Å². The quantitative estimate of drug-likeness (QED) is 0.748. The Hall–Kier alpha value is -3.16. The molecule has 8 heteroatoms. The maximum absolute atomic E-state index is 12.8. The van der Waals surface area contributed by atoms with Gasteiger partial charge in [-0.1, -0.05) is 35.7 Å². The summed E-state index contributed by atoms with van der Waals surface area (Å²) in [5, 5.41) is 0.428. The molecule has 1 fully saturated rings. The summed E-state index contributed by atoms with van der Waals surface area (Å²) in [7, 11) is 0. The standard InChI is InChI=1S/C20H14F3NO4/c21-20(22,23)13-8-6-12(7-9-13)19(10-3-11-19)18(27)28-24-16(25)14-4-1-2-5-15(14)17(24)26/h1-2,4-9H,3,10-11H2. The minimum Gasteiger partial charge on any atom is -0.329 e. The van der Waals surface area contributed by atoms with Gasteiger partial charge in [-0.05, 0) is 42.7 Å². The molecule has 2 amide bonds. The highest BCUT2D eigenvalue weighted by molar-refractivity contribution is 6.21. The minimum atomic E-state index is -4.48.